The molecule has 1 saturated carbocycles. The summed E-state index contributed by atoms with van der Waals surface area (Å²) >= 11 is 0. The highest BCUT2D eigenvalue weighted by Gasteiger charge is 2.39. The van der Waals surface area contributed by atoms with Crippen molar-refractivity contribution in [2.45, 2.75) is 50.7 Å². The standard InChI is InChI=1S/C28H28FN7O2/c1-16-15-36(26(18-7-9-20(29)10-8-18)28-33-32-27(38-28)19-5-6-19)17(2)14-35(16)22-13-24(37)34(4)21-11-12-23(30-3)31-25(21)22/h7-13,16-17,19,26H,5-6,14-15H2,1-2,4H3/t16-,17+,26?/m0/s1. The molecular weight excluding hydrogens is 485 g/mol. The SMILES string of the molecule is [C-]#[N+]c1ccc2c(n1)c(N1C[C@@H](C)N(C(c3ccc(F)cc3)c3nnc(C4CC4)o3)C[C@@H]1C)cc(=O)n2C. The fourth-order valence-corrected chi connectivity index (χ4v) is 5.40. The van der Waals surface area contributed by atoms with Gasteiger partial charge in [0.05, 0.1) is 11.2 Å². The van der Waals surface area contributed by atoms with Crippen LogP contribution in [0.2, 0.25) is 0 Å². The highest BCUT2D eigenvalue weighted by Crippen LogP contribution is 2.41. The molecule has 2 fully saturated rings. The molecule has 4 aromatic rings. The van der Waals surface area contributed by atoms with Crippen LogP contribution in [0.1, 0.15) is 56.0 Å². The Balaban J connectivity index is 1.38. The molecule has 194 valence electrons. The van der Waals surface area contributed by atoms with Crippen molar-refractivity contribution in [2.24, 2.45) is 7.05 Å². The monoisotopic (exact) mass is 513 g/mol. The topological polar surface area (TPSA) is 84.7 Å². The molecular formula is C28H28FN7O2. The van der Waals surface area contributed by atoms with Crippen LogP contribution in [0.4, 0.5) is 15.9 Å². The van der Waals surface area contributed by atoms with Gasteiger partial charge in [0.2, 0.25) is 17.3 Å². The molecule has 2 aliphatic rings. The van der Waals surface area contributed by atoms with E-state index in [1.54, 1.807) is 41.9 Å². The van der Waals surface area contributed by atoms with Crippen LogP contribution < -0.4 is 10.5 Å². The summed E-state index contributed by atoms with van der Waals surface area (Å²) < 4.78 is 21.5. The Labute approximate surface area is 219 Å². The van der Waals surface area contributed by atoms with E-state index in [2.05, 4.69) is 43.7 Å². The number of aromatic nitrogens is 4. The van der Waals surface area contributed by atoms with Gasteiger partial charge in [-0.1, -0.05) is 18.7 Å². The minimum Gasteiger partial charge on any atom is -0.423 e. The number of rotatable bonds is 5. The number of pyridine rings is 2. The van der Waals surface area contributed by atoms with E-state index in [9.17, 15) is 9.18 Å². The number of halogens is 1. The van der Waals surface area contributed by atoms with Crippen LogP contribution in [-0.4, -0.2) is 49.8 Å². The summed E-state index contributed by atoms with van der Waals surface area (Å²) in [5.41, 5.74) is 2.79. The Kier molecular flexibility index (Phi) is 5.95. The highest BCUT2D eigenvalue weighted by atomic mass is 19.1. The van der Waals surface area contributed by atoms with E-state index in [-0.39, 0.29) is 35.3 Å². The molecule has 0 spiro atoms. The van der Waals surface area contributed by atoms with Gasteiger partial charge in [0.1, 0.15) is 11.9 Å². The molecule has 1 aliphatic carbocycles. The zero-order valence-corrected chi connectivity index (χ0v) is 21.5. The molecule has 1 unspecified atom stereocenters. The molecule has 3 aromatic heterocycles. The van der Waals surface area contributed by atoms with Crippen molar-refractivity contribution in [3.63, 3.8) is 0 Å². The molecule has 4 heterocycles. The molecule has 1 saturated heterocycles. The quantitative estimate of drug-likeness (QED) is 0.362. The first-order valence-electron chi connectivity index (χ1n) is 12.8. The molecule has 1 aliphatic heterocycles. The van der Waals surface area contributed by atoms with Gasteiger partial charge in [0.15, 0.2) is 0 Å². The minimum absolute atomic E-state index is 0.00586. The van der Waals surface area contributed by atoms with Gasteiger partial charge in [-0.25, -0.2) is 4.39 Å². The van der Waals surface area contributed by atoms with Crippen molar-refractivity contribution in [3.05, 3.63) is 87.4 Å². The summed E-state index contributed by atoms with van der Waals surface area (Å²) in [6.45, 7) is 12.9. The first-order chi connectivity index (χ1) is 18.3. The number of aryl methyl sites for hydroxylation is 1. The zero-order valence-electron chi connectivity index (χ0n) is 21.5. The lowest BCUT2D eigenvalue weighted by Crippen LogP contribution is -2.57. The molecule has 6 rings (SSSR count). The molecule has 9 nitrogen and oxygen atoms in total. The second-order valence-electron chi connectivity index (χ2n) is 10.3. The van der Waals surface area contributed by atoms with Gasteiger partial charge < -0.3 is 18.7 Å². The van der Waals surface area contributed by atoms with Gasteiger partial charge in [0.25, 0.3) is 11.4 Å². The summed E-state index contributed by atoms with van der Waals surface area (Å²) in [6, 6.07) is 11.2. The maximum Gasteiger partial charge on any atom is 0.270 e. The molecule has 38 heavy (non-hydrogen) atoms. The largest absolute Gasteiger partial charge is 0.423 e. The first kappa shape index (κ1) is 24.2. The van der Waals surface area contributed by atoms with Gasteiger partial charge in [-0.3, -0.25) is 9.69 Å². The summed E-state index contributed by atoms with van der Waals surface area (Å²) in [7, 11) is 1.71. The summed E-state index contributed by atoms with van der Waals surface area (Å²) in [6.07, 6.45) is 2.12. The Hall–Kier alpha value is -4.10. The maximum absolute atomic E-state index is 13.8. The van der Waals surface area contributed by atoms with Crippen LogP contribution in [0.5, 0.6) is 0 Å². The van der Waals surface area contributed by atoms with Crippen molar-refractivity contribution in [1.82, 2.24) is 24.6 Å². The molecule has 3 atom stereocenters. The van der Waals surface area contributed by atoms with E-state index in [0.29, 0.717) is 41.8 Å². The van der Waals surface area contributed by atoms with E-state index >= 15 is 0 Å². The number of piperazine rings is 1. The number of hydrogen-bond acceptors (Lipinski definition) is 7. The van der Waals surface area contributed by atoms with Crippen molar-refractivity contribution in [2.75, 3.05) is 18.0 Å². The van der Waals surface area contributed by atoms with Crippen LogP contribution in [0, 0.1) is 12.4 Å². The third kappa shape index (κ3) is 4.23. The van der Waals surface area contributed by atoms with Crippen LogP contribution in [-0.2, 0) is 7.05 Å². The van der Waals surface area contributed by atoms with Crippen LogP contribution in [0.25, 0.3) is 15.9 Å². The molecule has 0 bridgehead atoms. The fourth-order valence-electron chi connectivity index (χ4n) is 5.40. The number of nitrogens with zero attached hydrogens (tertiary/aromatic N) is 7. The molecule has 10 heteroatoms. The van der Waals surface area contributed by atoms with Crippen LogP contribution >= 0.6 is 0 Å². The Morgan fingerprint density at radius 3 is 2.55 bits per heavy atom. The van der Waals surface area contributed by atoms with Gasteiger partial charge in [-0.05, 0) is 56.5 Å². The number of benzene rings is 1. The lowest BCUT2D eigenvalue weighted by molar-refractivity contribution is 0.113. The van der Waals surface area contributed by atoms with E-state index < -0.39 is 0 Å². The maximum atomic E-state index is 13.8. The molecule has 1 aromatic carbocycles. The second-order valence-corrected chi connectivity index (χ2v) is 10.3. The molecule has 0 amide bonds. The Morgan fingerprint density at radius 2 is 1.84 bits per heavy atom. The summed E-state index contributed by atoms with van der Waals surface area (Å²) in [4.78, 5) is 25.4. The summed E-state index contributed by atoms with van der Waals surface area (Å²) in [5.74, 6) is 1.50. The van der Waals surface area contributed by atoms with E-state index in [0.717, 1.165) is 24.1 Å². The second kappa shape index (κ2) is 9.33. The number of anilines is 1. The van der Waals surface area contributed by atoms with Gasteiger partial charge in [-0.15, -0.1) is 15.2 Å². The normalized spacial score (nSPS) is 21.0. The summed E-state index contributed by atoms with van der Waals surface area (Å²) in [5, 5.41) is 8.74. The fraction of sp³-hybridized carbons (Fsp3) is 0.393. The van der Waals surface area contributed by atoms with Gasteiger partial charge in [0, 0.05) is 44.2 Å². The Bertz CT molecular complexity index is 1600. The highest BCUT2D eigenvalue weighted by molar-refractivity contribution is 5.89. The van der Waals surface area contributed by atoms with Gasteiger partial charge >= 0.3 is 0 Å². The Morgan fingerprint density at radius 1 is 1.08 bits per heavy atom. The molecule has 0 N–H and O–H groups in total. The third-order valence-corrected chi connectivity index (χ3v) is 7.65. The predicted octanol–water partition coefficient (Wildman–Crippen LogP) is 4.57. The minimum atomic E-state index is -0.331. The average Bonchev–Trinajstić information content (AvgIpc) is 3.66. The van der Waals surface area contributed by atoms with E-state index in [1.807, 2.05) is 0 Å². The predicted molar refractivity (Wildman–Crippen MR) is 141 cm³/mol. The third-order valence-electron chi connectivity index (χ3n) is 7.65. The number of fused-ring (bicyclic) bond motifs is 1. The van der Waals surface area contributed by atoms with Crippen LogP contribution in [0.3, 0.4) is 0 Å². The van der Waals surface area contributed by atoms with Crippen molar-refractivity contribution >= 4 is 22.5 Å². The zero-order chi connectivity index (χ0) is 26.6. The van der Waals surface area contributed by atoms with Crippen molar-refractivity contribution in [3.8, 4) is 0 Å². The van der Waals surface area contributed by atoms with Crippen LogP contribution in [0.15, 0.2) is 51.7 Å². The lowest BCUT2D eigenvalue weighted by atomic mass is 9.98. The van der Waals surface area contributed by atoms with E-state index in [4.69, 9.17) is 11.0 Å². The van der Waals surface area contributed by atoms with Crippen molar-refractivity contribution in [1.29, 1.82) is 0 Å². The van der Waals surface area contributed by atoms with E-state index in [1.165, 1.54) is 12.1 Å². The lowest BCUT2D eigenvalue weighted by Gasteiger charge is -2.47. The van der Waals surface area contributed by atoms with Gasteiger partial charge in [-0.2, -0.15) is 0 Å². The average molecular weight is 514 g/mol. The first-order valence-corrected chi connectivity index (χ1v) is 12.8. The van der Waals surface area contributed by atoms with Crippen molar-refractivity contribution < 1.29 is 8.81 Å². The number of hydrogen-bond donors (Lipinski definition) is 0. The molecule has 0 radical (unpaired) electrons. The smallest absolute Gasteiger partial charge is 0.270 e.